The molecule has 0 aromatic heterocycles. The minimum absolute atomic E-state index is 0.0791. The number of amides is 2. The van der Waals surface area contributed by atoms with E-state index in [1.165, 1.54) is 0 Å². The van der Waals surface area contributed by atoms with Crippen LogP contribution in [0.4, 0.5) is 4.79 Å². The Kier molecular flexibility index (Phi) is 7.67. The molecule has 2 amide bonds. The maximum absolute atomic E-state index is 12.8. The van der Waals surface area contributed by atoms with Crippen molar-refractivity contribution in [3.05, 3.63) is 59.7 Å². The van der Waals surface area contributed by atoms with Gasteiger partial charge in [0.15, 0.2) is 6.10 Å². The van der Waals surface area contributed by atoms with Gasteiger partial charge >= 0.3 is 12.1 Å². The highest BCUT2D eigenvalue weighted by Gasteiger charge is 2.35. The Morgan fingerprint density at radius 2 is 1.71 bits per heavy atom. The normalized spacial score (nSPS) is 19.6. The molecule has 9 nitrogen and oxygen atoms in total. The van der Waals surface area contributed by atoms with E-state index in [1.807, 2.05) is 36.4 Å². The van der Waals surface area contributed by atoms with Crippen molar-refractivity contribution in [1.82, 2.24) is 15.5 Å². The molecule has 2 aromatic carbocycles. The number of nitrogens with zero attached hydrogens (tertiary/aromatic N) is 1. The molecule has 2 aromatic rings. The van der Waals surface area contributed by atoms with E-state index in [1.54, 1.807) is 19.0 Å². The molecule has 2 unspecified atom stereocenters. The van der Waals surface area contributed by atoms with Gasteiger partial charge in [0, 0.05) is 31.5 Å². The van der Waals surface area contributed by atoms with Crippen molar-refractivity contribution in [3.63, 3.8) is 0 Å². The molecule has 9 heteroatoms. The van der Waals surface area contributed by atoms with Gasteiger partial charge in [-0.15, -0.1) is 0 Å². The van der Waals surface area contributed by atoms with E-state index < -0.39 is 30.1 Å². The van der Waals surface area contributed by atoms with Crippen molar-refractivity contribution in [2.45, 2.75) is 24.5 Å². The summed E-state index contributed by atoms with van der Waals surface area (Å²) >= 11 is 0. The number of hydrogen-bond donors (Lipinski definition) is 3. The molecule has 4 rings (SSSR count). The zero-order valence-corrected chi connectivity index (χ0v) is 19.9. The minimum atomic E-state index is -1.04. The largest absolute Gasteiger partial charge is 0.479 e. The number of rotatable bonds is 9. The first kappa shape index (κ1) is 24.7. The van der Waals surface area contributed by atoms with Crippen molar-refractivity contribution in [1.29, 1.82) is 0 Å². The first-order valence-corrected chi connectivity index (χ1v) is 11.7. The second-order valence-electron chi connectivity index (χ2n) is 9.21. The molecular formula is C26H31N3O6. The van der Waals surface area contributed by atoms with Crippen molar-refractivity contribution in [2.75, 3.05) is 40.4 Å². The lowest BCUT2D eigenvalue weighted by atomic mass is 9.98. The van der Waals surface area contributed by atoms with E-state index in [2.05, 4.69) is 22.8 Å². The van der Waals surface area contributed by atoms with Crippen LogP contribution in [0.1, 0.15) is 23.5 Å². The number of carboxylic acids is 1. The number of nitrogens with one attached hydrogen (secondary N) is 2. The number of alkyl carbamates (subject to hydrolysis) is 1. The van der Waals surface area contributed by atoms with Gasteiger partial charge in [0.1, 0.15) is 12.6 Å². The summed E-state index contributed by atoms with van der Waals surface area (Å²) in [6, 6.07) is 15.3. The van der Waals surface area contributed by atoms with E-state index in [0.29, 0.717) is 13.0 Å². The number of hydrogen-bond acceptors (Lipinski definition) is 6. The van der Waals surface area contributed by atoms with Gasteiger partial charge in [0.05, 0.1) is 0 Å². The number of carbonyl (C=O) groups excluding carboxylic acids is 2. The fourth-order valence-electron chi connectivity index (χ4n) is 4.81. The third kappa shape index (κ3) is 5.63. The molecule has 0 radical (unpaired) electrons. The Hall–Kier alpha value is -3.43. The van der Waals surface area contributed by atoms with Crippen LogP contribution in [0.25, 0.3) is 11.1 Å². The quantitative estimate of drug-likeness (QED) is 0.502. The number of ether oxygens (including phenoxy) is 2. The average Bonchev–Trinajstić information content (AvgIpc) is 3.43. The first-order chi connectivity index (χ1) is 16.8. The number of fused-ring (bicyclic) bond motifs is 3. The Balaban J connectivity index is 1.36. The molecule has 1 aliphatic heterocycles. The molecule has 1 heterocycles. The number of likely N-dealkylation sites (N-methyl/N-ethyl adjacent to an activating group) is 1. The fourth-order valence-corrected chi connectivity index (χ4v) is 4.81. The molecule has 1 aliphatic carbocycles. The molecule has 2 aliphatic rings. The Morgan fingerprint density at radius 1 is 1.09 bits per heavy atom. The molecular weight excluding hydrogens is 450 g/mol. The summed E-state index contributed by atoms with van der Waals surface area (Å²) in [7, 11) is 3.59. The summed E-state index contributed by atoms with van der Waals surface area (Å²) in [6.07, 6.45) is -1.06. The zero-order valence-electron chi connectivity index (χ0n) is 19.9. The minimum Gasteiger partial charge on any atom is -0.479 e. The summed E-state index contributed by atoms with van der Waals surface area (Å²) in [4.78, 5) is 38.6. The first-order valence-electron chi connectivity index (χ1n) is 11.7. The van der Waals surface area contributed by atoms with E-state index in [4.69, 9.17) is 9.47 Å². The number of carbonyl (C=O) groups is 3. The lowest BCUT2D eigenvalue weighted by Gasteiger charge is -2.23. The Morgan fingerprint density at radius 3 is 2.31 bits per heavy atom. The van der Waals surface area contributed by atoms with Crippen LogP contribution >= 0.6 is 0 Å². The van der Waals surface area contributed by atoms with Gasteiger partial charge in [-0.05, 0) is 42.8 Å². The molecule has 0 bridgehead atoms. The molecule has 1 fully saturated rings. The van der Waals surface area contributed by atoms with Crippen LogP contribution in [-0.2, 0) is 19.1 Å². The summed E-state index contributed by atoms with van der Waals surface area (Å²) < 4.78 is 10.8. The molecule has 186 valence electrons. The van der Waals surface area contributed by atoms with E-state index in [-0.39, 0.29) is 31.5 Å². The SMILES string of the molecule is CN(C)C[C@H](NC(=O)OCC1c2ccccc2-c2ccccc21)C(=O)NCC1CCOC1C(=O)O. The van der Waals surface area contributed by atoms with Gasteiger partial charge in [-0.25, -0.2) is 9.59 Å². The lowest BCUT2D eigenvalue weighted by Crippen LogP contribution is -2.53. The molecule has 1 saturated heterocycles. The summed E-state index contributed by atoms with van der Waals surface area (Å²) in [5, 5.41) is 14.7. The van der Waals surface area contributed by atoms with Crippen molar-refractivity contribution in [3.8, 4) is 11.1 Å². The van der Waals surface area contributed by atoms with Crippen LogP contribution in [0.3, 0.4) is 0 Å². The molecule has 3 atom stereocenters. The average molecular weight is 482 g/mol. The lowest BCUT2D eigenvalue weighted by molar-refractivity contribution is -0.149. The predicted octanol–water partition coefficient (Wildman–Crippen LogP) is 2.06. The zero-order chi connectivity index (χ0) is 24.9. The summed E-state index contributed by atoms with van der Waals surface area (Å²) in [5.41, 5.74) is 4.49. The molecule has 0 saturated carbocycles. The third-order valence-corrected chi connectivity index (χ3v) is 6.50. The smallest absolute Gasteiger partial charge is 0.407 e. The Bertz CT molecular complexity index is 1040. The molecule has 35 heavy (non-hydrogen) atoms. The van der Waals surface area contributed by atoms with Gasteiger partial charge in [-0.2, -0.15) is 0 Å². The topological polar surface area (TPSA) is 117 Å². The highest BCUT2D eigenvalue weighted by molar-refractivity contribution is 5.86. The van der Waals surface area contributed by atoms with Gasteiger partial charge < -0.3 is 30.1 Å². The van der Waals surface area contributed by atoms with Gasteiger partial charge in [0.25, 0.3) is 0 Å². The van der Waals surface area contributed by atoms with Crippen LogP contribution in [-0.4, -0.2) is 80.5 Å². The predicted molar refractivity (Wildman–Crippen MR) is 129 cm³/mol. The second-order valence-corrected chi connectivity index (χ2v) is 9.21. The van der Waals surface area contributed by atoms with E-state index in [0.717, 1.165) is 22.3 Å². The standard InChI is InChI=1S/C26H31N3O6/c1-29(2)14-22(24(30)27-13-16-11-12-34-23(16)25(31)32)28-26(33)35-15-21-19-9-5-3-7-17(19)18-8-4-6-10-20(18)21/h3-10,16,21-23H,11-15H2,1-2H3,(H,27,30)(H,28,33)(H,31,32)/t16?,22-,23?/m0/s1. The van der Waals surface area contributed by atoms with Crippen molar-refractivity contribution < 1.29 is 29.0 Å². The number of carboxylic acid groups (broad SMARTS) is 1. The summed E-state index contributed by atoms with van der Waals surface area (Å²) in [6.45, 7) is 0.915. The van der Waals surface area contributed by atoms with Crippen LogP contribution in [0.2, 0.25) is 0 Å². The number of aliphatic carboxylic acids is 1. The van der Waals surface area contributed by atoms with Crippen molar-refractivity contribution in [2.24, 2.45) is 5.92 Å². The summed E-state index contributed by atoms with van der Waals surface area (Å²) in [5.74, 6) is -1.83. The van der Waals surface area contributed by atoms with Crippen LogP contribution in [0, 0.1) is 5.92 Å². The van der Waals surface area contributed by atoms with Gasteiger partial charge in [-0.3, -0.25) is 4.79 Å². The monoisotopic (exact) mass is 481 g/mol. The van der Waals surface area contributed by atoms with E-state index in [9.17, 15) is 19.5 Å². The number of benzene rings is 2. The maximum Gasteiger partial charge on any atom is 0.407 e. The van der Waals surface area contributed by atoms with Gasteiger partial charge in [-0.1, -0.05) is 48.5 Å². The van der Waals surface area contributed by atoms with Crippen molar-refractivity contribution >= 4 is 18.0 Å². The molecule has 0 spiro atoms. The van der Waals surface area contributed by atoms with Crippen LogP contribution in [0.15, 0.2) is 48.5 Å². The highest BCUT2D eigenvalue weighted by Crippen LogP contribution is 2.44. The maximum atomic E-state index is 12.8. The van der Waals surface area contributed by atoms with Crippen LogP contribution < -0.4 is 10.6 Å². The van der Waals surface area contributed by atoms with Gasteiger partial charge in [0.2, 0.25) is 5.91 Å². The fraction of sp³-hybridized carbons (Fsp3) is 0.423. The molecule has 3 N–H and O–H groups in total. The Labute approximate surface area is 204 Å². The third-order valence-electron chi connectivity index (χ3n) is 6.50. The second kappa shape index (κ2) is 10.9. The highest BCUT2D eigenvalue weighted by atomic mass is 16.5. The van der Waals surface area contributed by atoms with E-state index >= 15 is 0 Å². The van der Waals surface area contributed by atoms with Crippen LogP contribution in [0.5, 0.6) is 0 Å².